The first-order valence-corrected chi connectivity index (χ1v) is 10.1. The van der Waals surface area contributed by atoms with Crippen molar-refractivity contribution in [3.63, 3.8) is 0 Å². The third-order valence-corrected chi connectivity index (χ3v) is 5.56. The fourth-order valence-electron chi connectivity index (χ4n) is 3.79. The summed E-state index contributed by atoms with van der Waals surface area (Å²) in [5.74, 6) is 0.698. The van der Waals surface area contributed by atoms with Crippen LogP contribution in [0.1, 0.15) is 48.3 Å². The van der Waals surface area contributed by atoms with Crippen LogP contribution in [-0.4, -0.2) is 46.0 Å². The van der Waals surface area contributed by atoms with E-state index in [0.29, 0.717) is 18.3 Å². The molecule has 0 radical (unpaired) electrons. The molecule has 1 fully saturated rings. The lowest BCUT2D eigenvalue weighted by Crippen LogP contribution is -2.38. The minimum absolute atomic E-state index is 0.111. The van der Waals surface area contributed by atoms with E-state index in [2.05, 4.69) is 53.3 Å². The van der Waals surface area contributed by atoms with Gasteiger partial charge in [-0.05, 0) is 69.7 Å². The lowest BCUT2D eigenvalue weighted by molar-refractivity contribution is 0.0949. The average molecular weight is 369 g/mol. The maximum absolute atomic E-state index is 12.0. The molecule has 5 heteroatoms. The van der Waals surface area contributed by atoms with Gasteiger partial charge in [0.05, 0.1) is 6.33 Å². The molecule has 0 bridgehead atoms. The standard InChI is InChI=1S/C22H32N4O/c1-17(2)26-12-9-20(10-13-26)14-19-6-4-18(5-7-19)8-11-23-22(27)21-15-25(3)16-24-21/h4-7,15-17,20H,8-14H2,1-3H3,(H,23,27). The summed E-state index contributed by atoms with van der Waals surface area (Å²) in [6.45, 7) is 7.67. The van der Waals surface area contributed by atoms with Crippen LogP contribution >= 0.6 is 0 Å². The fraction of sp³-hybridized carbons (Fsp3) is 0.545. The van der Waals surface area contributed by atoms with Gasteiger partial charge in [-0.1, -0.05) is 24.3 Å². The van der Waals surface area contributed by atoms with Gasteiger partial charge in [-0.3, -0.25) is 4.79 Å². The molecule has 1 aliphatic rings. The van der Waals surface area contributed by atoms with Gasteiger partial charge in [0.25, 0.3) is 5.91 Å². The maximum atomic E-state index is 12.0. The highest BCUT2D eigenvalue weighted by atomic mass is 16.1. The topological polar surface area (TPSA) is 50.2 Å². The highest BCUT2D eigenvalue weighted by Crippen LogP contribution is 2.23. The van der Waals surface area contributed by atoms with Crippen molar-refractivity contribution < 1.29 is 4.79 Å². The Morgan fingerprint density at radius 1 is 1.19 bits per heavy atom. The molecule has 1 aromatic heterocycles. The smallest absolute Gasteiger partial charge is 0.271 e. The van der Waals surface area contributed by atoms with Crippen molar-refractivity contribution in [2.75, 3.05) is 19.6 Å². The molecule has 0 atom stereocenters. The largest absolute Gasteiger partial charge is 0.350 e. The van der Waals surface area contributed by atoms with Crippen LogP contribution in [0.15, 0.2) is 36.8 Å². The molecule has 2 aromatic rings. The highest BCUT2D eigenvalue weighted by molar-refractivity contribution is 5.91. The van der Waals surface area contributed by atoms with Gasteiger partial charge >= 0.3 is 0 Å². The van der Waals surface area contributed by atoms with E-state index >= 15 is 0 Å². The molecule has 0 aliphatic carbocycles. The van der Waals surface area contributed by atoms with E-state index in [1.165, 1.54) is 43.5 Å². The molecular weight excluding hydrogens is 336 g/mol. The summed E-state index contributed by atoms with van der Waals surface area (Å²) in [5.41, 5.74) is 3.16. The van der Waals surface area contributed by atoms with Gasteiger partial charge in [-0.25, -0.2) is 4.98 Å². The quantitative estimate of drug-likeness (QED) is 0.817. The van der Waals surface area contributed by atoms with Crippen LogP contribution in [0.3, 0.4) is 0 Å². The van der Waals surface area contributed by atoms with Gasteiger partial charge in [0, 0.05) is 25.8 Å². The monoisotopic (exact) mass is 368 g/mol. The SMILES string of the molecule is CC(C)N1CCC(Cc2ccc(CCNC(=O)c3cn(C)cn3)cc2)CC1. The number of likely N-dealkylation sites (tertiary alicyclic amines) is 1. The van der Waals surface area contributed by atoms with Crippen molar-refractivity contribution in [2.24, 2.45) is 13.0 Å². The van der Waals surface area contributed by atoms with Crippen molar-refractivity contribution in [1.29, 1.82) is 0 Å². The Labute approximate surface area is 162 Å². The molecule has 1 saturated heterocycles. The van der Waals surface area contributed by atoms with Gasteiger partial charge in [0.2, 0.25) is 0 Å². The second kappa shape index (κ2) is 9.18. The lowest BCUT2D eigenvalue weighted by Gasteiger charge is -2.34. The van der Waals surface area contributed by atoms with Crippen molar-refractivity contribution >= 4 is 5.91 Å². The molecule has 2 heterocycles. The highest BCUT2D eigenvalue weighted by Gasteiger charge is 2.20. The first-order chi connectivity index (χ1) is 13.0. The molecule has 0 spiro atoms. The van der Waals surface area contributed by atoms with E-state index in [1.54, 1.807) is 17.1 Å². The van der Waals surface area contributed by atoms with Crippen LogP contribution in [-0.2, 0) is 19.9 Å². The molecular formula is C22H32N4O. The van der Waals surface area contributed by atoms with Gasteiger partial charge < -0.3 is 14.8 Å². The summed E-state index contributed by atoms with van der Waals surface area (Å²) < 4.78 is 1.78. The number of aromatic nitrogens is 2. The first kappa shape index (κ1) is 19.6. The molecule has 27 heavy (non-hydrogen) atoms. The second-order valence-corrected chi connectivity index (χ2v) is 8.02. The van der Waals surface area contributed by atoms with E-state index in [1.807, 2.05) is 7.05 Å². The zero-order valence-corrected chi connectivity index (χ0v) is 16.8. The lowest BCUT2D eigenvalue weighted by atomic mass is 9.89. The van der Waals surface area contributed by atoms with E-state index in [4.69, 9.17) is 0 Å². The molecule has 1 amide bonds. The van der Waals surface area contributed by atoms with Crippen LogP contribution in [0.25, 0.3) is 0 Å². The predicted molar refractivity (Wildman–Crippen MR) is 109 cm³/mol. The Bertz CT molecular complexity index is 727. The molecule has 1 N–H and O–H groups in total. The number of nitrogens with zero attached hydrogens (tertiary/aromatic N) is 3. The van der Waals surface area contributed by atoms with Crippen LogP contribution < -0.4 is 5.32 Å². The number of amides is 1. The zero-order chi connectivity index (χ0) is 19.2. The minimum Gasteiger partial charge on any atom is -0.350 e. The van der Waals surface area contributed by atoms with Crippen LogP contribution in [0.5, 0.6) is 0 Å². The van der Waals surface area contributed by atoms with Crippen molar-refractivity contribution in [3.05, 3.63) is 53.6 Å². The molecule has 1 aliphatic heterocycles. The molecule has 0 unspecified atom stereocenters. The third-order valence-electron chi connectivity index (χ3n) is 5.56. The maximum Gasteiger partial charge on any atom is 0.271 e. The van der Waals surface area contributed by atoms with E-state index in [9.17, 15) is 4.79 Å². The van der Waals surface area contributed by atoms with Gasteiger partial charge in [0.15, 0.2) is 0 Å². The summed E-state index contributed by atoms with van der Waals surface area (Å²) >= 11 is 0. The van der Waals surface area contributed by atoms with Crippen LogP contribution in [0.2, 0.25) is 0 Å². The van der Waals surface area contributed by atoms with Crippen molar-refractivity contribution in [2.45, 2.75) is 45.6 Å². The van der Waals surface area contributed by atoms with Crippen molar-refractivity contribution in [1.82, 2.24) is 19.8 Å². The second-order valence-electron chi connectivity index (χ2n) is 8.02. The Morgan fingerprint density at radius 2 is 1.85 bits per heavy atom. The fourth-order valence-corrected chi connectivity index (χ4v) is 3.79. The van der Waals surface area contributed by atoms with Gasteiger partial charge in [0.1, 0.15) is 5.69 Å². The predicted octanol–water partition coefficient (Wildman–Crippen LogP) is 3.06. The number of benzene rings is 1. The zero-order valence-electron chi connectivity index (χ0n) is 16.8. The van der Waals surface area contributed by atoms with Gasteiger partial charge in [-0.2, -0.15) is 0 Å². The summed E-state index contributed by atoms with van der Waals surface area (Å²) in [4.78, 5) is 18.7. The Kier molecular flexibility index (Phi) is 6.67. The first-order valence-electron chi connectivity index (χ1n) is 10.1. The normalized spacial score (nSPS) is 16.0. The van der Waals surface area contributed by atoms with E-state index < -0.39 is 0 Å². The Hall–Kier alpha value is -2.14. The number of carbonyl (C=O) groups excluding carboxylic acids is 1. The number of piperidine rings is 1. The summed E-state index contributed by atoms with van der Waals surface area (Å²) in [6, 6.07) is 9.58. The summed E-state index contributed by atoms with van der Waals surface area (Å²) in [6.07, 6.45) is 8.00. The number of nitrogens with one attached hydrogen (secondary N) is 1. The molecule has 1 aromatic carbocycles. The van der Waals surface area contributed by atoms with E-state index in [-0.39, 0.29) is 5.91 Å². The molecule has 5 nitrogen and oxygen atoms in total. The summed E-state index contributed by atoms with van der Waals surface area (Å²) in [5, 5.41) is 2.93. The molecule has 0 saturated carbocycles. The Morgan fingerprint density at radius 3 is 2.44 bits per heavy atom. The average Bonchev–Trinajstić information content (AvgIpc) is 3.10. The van der Waals surface area contributed by atoms with Gasteiger partial charge in [-0.15, -0.1) is 0 Å². The number of aryl methyl sites for hydroxylation is 1. The molecule has 146 valence electrons. The number of rotatable bonds is 7. The summed E-state index contributed by atoms with van der Waals surface area (Å²) in [7, 11) is 1.86. The minimum atomic E-state index is -0.111. The number of carbonyl (C=O) groups is 1. The third kappa shape index (κ3) is 5.67. The number of hydrogen-bond donors (Lipinski definition) is 1. The Balaban J connectivity index is 1.40. The number of hydrogen-bond acceptors (Lipinski definition) is 3. The van der Waals surface area contributed by atoms with Crippen LogP contribution in [0, 0.1) is 5.92 Å². The molecule has 3 rings (SSSR count). The van der Waals surface area contributed by atoms with Crippen molar-refractivity contribution in [3.8, 4) is 0 Å². The number of imidazole rings is 1. The van der Waals surface area contributed by atoms with Crippen LogP contribution in [0.4, 0.5) is 0 Å². The van der Waals surface area contributed by atoms with E-state index in [0.717, 1.165) is 12.3 Å².